The lowest BCUT2D eigenvalue weighted by Crippen LogP contribution is -1.79. The van der Waals surface area contributed by atoms with E-state index in [4.69, 9.17) is 10.2 Å². The largest absolute Gasteiger partial charge is 0.392 e. The maximum Gasteiger partial charge on any atom is 0.0780 e. The maximum absolute atomic E-state index is 8.82. The third kappa shape index (κ3) is 2.15. The molecule has 0 aliphatic heterocycles. The van der Waals surface area contributed by atoms with Crippen molar-refractivity contribution < 1.29 is 10.2 Å². The first kappa shape index (κ1) is 8.46. The Morgan fingerprint density at radius 3 is 2.91 bits per heavy atom. The van der Waals surface area contributed by atoms with Gasteiger partial charge in [0.1, 0.15) is 0 Å². The van der Waals surface area contributed by atoms with Gasteiger partial charge in [-0.05, 0) is 17.0 Å². The molecule has 60 valence electrons. The van der Waals surface area contributed by atoms with Crippen LogP contribution < -0.4 is 0 Å². The summed E-state index contributed by atoms with van der Waals surface area (Å²) in [6.45, 7) is 0.115. The van der Waals surface area contributed by atoms with Gasteiger partial charge in [0, 0.05) is 4.88 Å². The smallest absolute Gasteiger partial charge is 0.0780 e. The van der Waals surface area contributed by atoms with Gasteiger partial charge in [-0.25, -0.2) is 0 Å². The lowest BCUT2D eigenvalue weighted by atomic mass is 10.2. The molecule has 2 N–H and O–H groups in total. The normalized spacial score (nSPS) is 11.1. The van der Waals surface area contributed by atoms with E-state index in [-0.39, 0.29) is 13.2 Å². The minimum atomic E-state index is 0.0424. The molecule has 0 saturated carbocycles. The van der Waals surface area contributed by atoms with Crippen molar-refractivity contribution >= 4 is 17.4 Å². The van der Waals surface area contributed by atoms with Crippen molar-refractivity contribution in [2.45, 2.75) is 6.61 Å². The number of rotatable bonds is 3. The highest BCUT2D eigenvalue weighted by Gasteiger charge is 1.97. The summed E-state index contributed by atoms with van der Waals surface area (Å²) in [5, 5.41) is 19.2. The van der Waals surface area contributed by atoms with Crippen LogP contribution >= 0.6 is 11.3 Å². The van der Waals surface area contributed by atoms with E-state index in [9.17, 15) is 0 Å². The summed E-state index contributed by atoms with van der Waals surface area (Å²) in [6.07, 6.45) is 3.46. The monoisotopic (exact) mass is 170 g/mol. The predicted octanol–water partition coefficient (Wildman–Crippen LogP) is 1.25. The zero-order valence-corrected chi connectivity index (χ0v) is 6.84. The molecule has 3 heteroatoms. The molecule has 0 aromatic carbocycles. The zero-order chi connectivity index (χ0) is 8.10. The molecule has 0 saturated heterocycles. The molecule has 0 aliphatic carbocycles. The van der Waals surface area contributed by atoms with Crippen LogP contribution in [-0.4, -0.2) is 16.8 Å². The summed E-state index contributed by atoms with van der Waals surface area (Å²) >= 11 is 1.52. The van der Waals surface area contributed by atoms with E-state index in [2.05, 4.69) is 0 Å². The Labute approximate surface area is 69.4 Å². The quantitative estimate of drug-likeness (QED) is 0.716. The van der Waals surface area contributed by atoms with Crippen molar-refractivity contribution in [3.8, 4) is 0 Å². The molecule has 1 aromatic heterocycles. The average Bonchev–Trinajstić information content (AvgIpc) is 2.47. The Hall–Kier alpha value is -0.640. The zero-order valence-electron chi connectivity index (χ0n) is 6.03. The highest BCUT2D eigenvalue weighted by Crippen LogP contribution is 2.17. The number of thiophene rings is 1. The van der Waals surface area contributed by atoms with E-state index >= 15 is 0 Å². The van der Waals surface area contributed by atoms with Crippen LogP contribution in [0.15, 0.2) is 17.5 Å². The Kier molecular flexibility index (Phi) is 3.29. The summed E-state index contributed by atoms with van der Waals surface area (Å²) < 4.78 is 0. The maximum atomic E-state index is 8.82. The molecule has 0 amide bonds. The van der Waals surface area contributed by atoms with Gasteiger partial charge in [0.15, 0.2) is 0 Å². The summed E-state index contributed by atoms with van der Waals surface area (Å²) in [5.74, 6) is 0. The second kappa shape index (κ2) is 4.28. The first-order chi connectivity index (χ1) is 5.38. The molecule has 0 fully saturated rings. The second-order valence-electron chi connectivity index (χ2n) is 2.04. The average molecular weight is 170 g/mol. The molecule has 0 spiro atoms. The third-order valence-corrected chi connectivity index (χ3v) is 2.25. The van der Waals surface area contributed by atoms with Gasteiger partial charge in [-0.2, -0.15) is 0 Å². The van der Waals surface area contributed by atoms with Crippen LogP contribution in [0.4, 0.5) is 0 Å². The third-order valence-electron chi connectivity index (χ3n) is 1.33. The van der Waals surface area contributed by atoms with Crippen LogP contribution in [0, 0.1) is 0 Å². The van der Waals surface area contributed by atoms with Crippen molar-refractivity contribution in [3.05, 3.63) is 28.0 Å². The van der Waals surface area contributed by atoms with Gasteiger partial charge in [0.05, 0.1) is 13.2 Å². The lowest BCUT2D eigenvalue weighted by Gasteiger charge is -1.91. The van der Waals surface area contributed by atoms with E-state index in [1.807, 2.05) is 17.5 Å². The van der Waals surface area contributed by atoms with E-state index in [0.717, 1.165) is 10.4 Å². The van der Waals surface area contributed by atoms with Gasteiger partial charge in [-0.3, -0.25) is 0 Å². The minimum Gasteiger partial charge on any atom is -0.392 e. The van der Waals surface area contributed by atoms with Gasteiger partial charge >= 0.3 is 0 Å². The van der Waals surface area contributed by atoms with Crippen molar-refractivity contribution in [1.82, 2.24) is 0 Å². The van der Waals surface area contributed by atoms with Gasteiger partial charge in [0.2, 0.25) is 0 Å². The summed E-state index contributed by atoms with van der Waals surface area (Å²) in [6, 6.07) is 1.92. The van der Waals surface area contributed by atoms with Crippen LogP contribution in [0.3, 0.4) is 0 Å². The van der Waals surface area contributed by atoms with Crippen molar-refractivity contribution in [1.29, 1.82) is 0 Å². The standard InChI is InChI=1S/C8H10O2S/c9-4-1-2-7-3-5-11-8(7)6-10/h1-3,5,9-10H,4,6H2. The highest BCUT2D eigenvalue weighted by atomic mass is 32.1. The van der Waals surface area contributed by atoms with Gasteiger partial charge in [-0.1, -0.05) is 12.2 Å². The molecule has 0 atom stereocenters. The minimum absolute atomic E-state index is 0.0424. The molecule has 11 heavy (non-hydrogen) atoms. The molecule has 1 rings (SSSR count). The Morgan fingerprint density at radius 2 is 2.27 bits per heavy atom. The van der Waals surface area contributed by atoms with Gasteiger partial charge in [-0.15, -0.1) is 11.3 Å². The summed E-state index contributed by atoms with van der Waals surface area (Å²) in [5.41, 5.74) is 0.992. The molecule has 0 unspecified atom stereocenters. The van der Waals surface area contributed by atoms with Crippen molar-refractivity contribution in [2.75, 3.05) is 6.61 Å². The van der Waals surface area contributed by atoms with Crippen LogP contribution in [0.2, 0.25) is 0 Å². The molecule has 0 radical (unpaired) electrons. The first-order valence-electron chi connectivity index (χ1n) is 3.33. The molecule has 1 heterocycles. The molecular formula is C8H10O2S. The van der Waals surface area contributed by atoms with Crippen molar-refractivity contribution in [2.24, 2.45) is 0 Å². The van der Waals surface area contributed by atoms with Crippen LogP contribution in [0.1, 0.15) is 10.4 Å². The Morgan fingerprint density at radius 1 is 1.45 bits per heavy atom. The number of hydrogen-bond donors (Lipinski definition) is 2. The topological polar surface area (TPSA) is 40.5 Å². The summed E-state index contributed by atoms with van der Waals surface area (Å²) in [4.78, 5) is 0.940. The fourth-order valence-corrected chi connectivity index (χ4v) is 1.53. The predicted molar refractivity (Wildman–Crippen MR) is 46.4 cm³/mol. The van der Waals surface area contributed by atoms with Gasteiger partial charge < -0.3 is 10.2 Å². The fraction of sp³-hybridized carbons (Fsp3) is 0.250. The second-order valence-corrected chi connectivity index (χ2v) is 3.04. The van der Waals surface area contributed by atoms with Gasteiger partial charge in [0.25, 0.3) is 0 Å². The number of aliphatic hydroxyl groups excluding tert-OH is 2. The van der Waals surface area contributed by atoms with Crippen LogP contribution in [0.25, 0.3) is 6.08 Å². The fourth-order valence-electron chi connectivity index (χ4n) is 0.807. The van der Waals surface area contributed by atoms with E-state index in [1.165, 1.54) is 11.3 Å². The molecule has 1 aromatic rings. The Bertz CT molecular complexity index is 240. The van der Waals surface area contributed by atoms with E-state index in [0.29, 0.717) is 0 Å². The first-order valence-corrected chi connectivity index (χ1v) is 4.21. The number of hydrogen-bond acceptors (Lipinski definition) is 3. The molecule has 2 nitrogen and oxygen atoms in total. The SMILES string of the molecule is OCC=Cc1ccsc1CO. The number of aliphatic hydroxyl groups is 2. The lowest BCUT2D eigenvalue weighted by molar-refractivity contribution is 0.285. The highest BCUT2D eigenvalue weighted by molar-refractivity contribution is 7.10. The van der Waals surface area contributed by atoms with E-state index in [1.54, 1.807) is 6.08 Å². The molecule has 0 aliphatic rings. The van der Waals surface area contributed by atoms with Crippen LogP contribution in [0.5, 0.6) is 0 Å². The van der Waals surface area contributed by atoms with Crippen LogP contribution in [-0.2, 0) is 6.61 Å². The van der Waals surface area contributed by atoms with E-state index < -0.39 is 0 Å². The molecule has 0 bridgehead atoms. The molecular weight excluding hydrogens is 160 g/mol. The summed E-state index contributed by atoms with van der Waals surface area (Å²) in [7, 11) is 0. The Balaban J connectivity index is 2.76. The van der Waals surface area contributed by atoms with Crippen molar-refractivity contribution in [3.63, 3.8) is 0 Å².